The van der Waals surface area contributed by atoms with Crippen LogP contribution in [0.3, 0.4) is 0 Å². The van der Waals surface area contributed by atoms with Gasteiger partial charge in [0.2, 0.25) is 0 Å². The van der Waals surface area contributed by atoms with E-state index in [0.717, 1.165) is 6.54 Å². The van der Waals surface area contributed by atoms with Crippen LogP contribution in [0, 0.1) is 17.3 Å². The quantitative estimate of drug-likeness (QED) is 0.523. The Hall–Kier alpha value is -0.630. The molecule has 0 bridgehead atoms. The number of rotatable bonds is 6. The maximum Gasteiger partial charge on any atom is 0.176 e. The average molecular weight is 267 g/mol. The molecule has 2 heteroatoms. The summed E-state index contributed by atoms with van der Waals surface area (Å²) in [6.45, 7) is 19.0. The smallest absolute Gasteiger partial charge is 0.176 e. The van der Waals surface area contributed by atoms with Gasteiger partial charge < -0.3 is 4.90 Å². The van der Waals surface area contributed by atoms with Crippen molar-refractivity contribution in [1.29, 1.82) is 0 Å². The molecular weight excluding hydrogens is 232 g/mol. The fraction of sp³-hybridized carbons (Fsp3) is 0.824. The molecule has 2 nitrogen and oxygen atoms in total. The number of nitrogens with zero attached hydrogens (tertiary/aromatic N) is 2. The molecule has 112 valence electrons. The van der Waals surface area contributed by atoms with Crippen LogP contribution in [0.1, 0.15) is 48.0 Å². The molecule has 0 N–H and O–H groups in total. The Bertz CT molecular complexity index is 330. The van der Waals surface area contributed by atoms with Crippen molar-refractivity contribution in [1.82, 2.24) is 4.90 Å². The van der Waals surface area contributed by atoms with Gasteiger partial charge in [0.25, 0.3) is 0 Å². The molecule has 0 amide bonds. The summed E-state index contributed by atoms with van der Waals surface area (Å²) < 4.78 is 2.30. The zero-order valence-electron chi connectivity index (χ0n) is 14.7. The van der Waals surface area contributed by atoms with Crippen LogP contribution in [0.25, 0.3) is 0 Å². The summed E-state index contributed by atoms with van der Waals surface area (Å²) in [5.74, 6) is 1.07. The van der Waals surface area contributed by atoms with Gasteiger partial charge in [-0.15, -0.1) is 0 Å². The van der Waals surface area contributed by atoms with Crippen molar-refractivity contribution in [2.24, 2.45) is 17.3 Å². The fourth-order valence-corrected chi connectivity index (χ4v) is 2.50. The van der Waals surface area contributed by atoms with Gasteiger partial charge in [-0.05, 0) is 39.1 Å². The maximum absolute atomic E-state index is 4.23. The Morgan fingerprint density at radius 2 is 1.68 bits per heavy atom. The maximum atomic E-state index is 4.23. The van der Waals surface area contributed by atoms with E-state index in [-0.39, 0.29) is 5.41 Å². The minimum absolute atomic E-state index is 0.283. The van der Waals surface area contributed by atoms with Crippen molar-refractivity contribution >= 4 is 5.71 Å². The third-order valence-electron chi connectivity index (χ3n) is 4.04. The highest BCUT2D eigenvalue weighted by Gasteiger charge is 2.32. The van der Waals surface area contributed by atoms with Crippen molar-refractivity contribution in [2.75, 3.05) is 27.7 Å². The molecule has 0 spiro atoms. The average Bonchev–Trinajstić information content (AvgIpc) is 2.24. The van der Waals surface area contributed by atoms with E-state index in [1.807, 2.05) is 0 Å². The second-order valence-corrected chi connectivity index (χ2v) is 7.36. The van der Waals surface area contributed by atoms with E-state index in [1.165, 1.54) is 17.8 Å². The third kappa shape index (κ3) is 5.90. The van der Waals surface area contributed by atoms with Crippen molar-refractivity contribution in [2.45, 2.75) is 48.0 Å². The van der Waals surface area contributed by atoms with Crippen LogP contribution in [0.4, 0.5) is 0 Å². The lowest BCUT2D eigenvalue weighted by Gasteiger charge is -2.30. The molecule has 0 aliphatic heterocycles. The van der Waals surface area contributed by atoms with Crippen LogP contribution < -0.4 is 0 Å². The molecular formula is C17H35N2+. The predicted octanol–water partition coefficient (Wildman–Crippen LogP) is 3.87. The van der Waals surface area contributed by atoms with Crippen LogP contribution in [0.2, 0.25) is 0 Å². The lowest BCUT2D eigenvalue weighted by Crippen LogP contribution is -2.35. The highest BCUT2D eigenvalue weighted by molar-refractivity contribution is 5.80. The molecule has 0 heterocycles. The molecule has 1 atom stereocenters. The molecule has 1 unspecified atom stereocenters. The lowest BCUT2D eigenvalue weighted by molar-refractivity contribution is -0.454. The molecule has 0 aromatic rings. The van der Waals surface area contributed by atoms with Gasteiger partial charge in [0.05, 0.1) is 0 Å². The Balaban J connectivity index is 5.26. The summed E-state index contributed by atoms with van der Waals surface area (Å²) >= 11 is 0. The summed E-state index contributed by atoms with van der Waals surface area (Å²) in [5.41, 5.74) is 2.93. The van der Waals surface area contributed by atoms with Crippen molar-refractivity contribution < 1.29 is 4.58 Å². The number of hydrogen-bond donors (Lipinski definition) is 0. The highest BCUT2D eigenvalue weighted by atomic mass is 15.1. The van der Waals surface area contributed by atoms with Crippen LogP contribution in [0.15, 0.2) is 12.3 Å². The highest BCUT2D eigenvalue weighted by Crippen LogP contribution is 2.30. The minimum Gasteiger partial charge on any atom is -0.309 e. The second kappa shape index (κ2) is 7.23. The summed E-state index contributed by atoms with van der Waals surface area (Å²) in [4.78, 5) is 2.27. The normalized spacial score (nSPS) is 15.7. The van der Waals surface area contributed by atoms with Gasteiger partial charge >= 0.3 is 0 Å². The summed E-state index contributed by atoms with van der Waals surface area (Å²) in [6, 6.07) is 0. The lowest BCUT2D eigenvalue weighted by atomic mass is 9.76. The summed E-state index contributed by atoms with van der Waals surface area (Å²) in [6.07, 6.45) is 1.19. The molecule has 0 aliphatic rings. The number of hydrogen-bond acceptors (Lipinski definition) is 1. The Labute approximate surface area is 121 Å². The predicted molar refractivity (Wildman–Crippen MR) is 87.0 cm³/mol. The van der Waals surface area contributed by atoms with Gasteiger partial charge in [0.1, 0.15) is 7.05 Å². The first-order chi connectivity index (χ1) is 8.48. The van der Waals surface area contributed by atoms with Gasteiger partial charge in [0, 0.05) is 18.8 Å². The van der Waals surface area contributed by atoms with Gasteiger partial charge in [-0.2, -0.15) is 0 Å². The molecule has 0 aromatic heterocycles. The first-order valence-electron chi connectivity index (χ1n) is 7.39. The van der Waals surface area contributed by atoms with Crippen LogP contribution in [0.5, 0.6) is 0 Å². The van der Waals surface area contributed by atoms with E-state index in [0.29, 0.717) is 11.8 Å². The molecule has 0 rings (SSSR count). The van der Waals surface area contributed by atoms with Crippen LogP contribution in [-0.4, -0.2) is 42.9 Å². The van der Waals surface area contributed by atoms with Crippen LogP contribution in [-0.2, 0) is 0 Å². The SMILES string of the molecule is C=C(C(C)C)[N+](C)=C(C)C(CCN(C)C)C(C)(C)C. The summed E-state index contributed by atoms with van der Waals surface area (Å²) in [5, 5.41) is 0. The molecule has 0 radical (unpaired) electrons. The van der Waals surface area contributed by atoms with Gasteiger partial charge in [-0.25, -0.2) is 4.58 Å². The van der Waals surface area contributed by atoms with E-state index in [2.05, 4.69) is 78.7 Å². The third-order valence-corrected chi connectivity index (χ3v) is 4.04. The molecule has 0 fully saturated rings. The van der Waals surface area contributed by atoms with Gasteiger partial charge in [0.15, 0.2) is 11.4 Å². The zero-order valence-corrected chi connectivity index (χ0v) is 14.7. The Kier molecular flexibility index (Phi) is 6.99. The second-order valence-electron chi connectivity index (χ2n) is 7.36. The molecule has 0 saturated carbocycles. The Morgan fingerprint density at radius 3 is 2.00 bits per heavy atom. The standard InChI is InChI=1S/C17H35N2/c1-13(2)14(3)19(10)15(4)16(17(5,6)7)11-12-18(8)9/h13,16H,3,11-12H2,1-2,4-10H3/q+1. The van der Waals surface area contributed by atoms with Gasteiger partial charge in [-0.1, -0.05) is 34.6 Å². The van der Waals surface area contributed by atoms with Crippen molar-refractivity contribution in [3.8, 4) is 0 Å². The van der Waals surface area contributed by atoms with E-state index >= 15 is 0 Å². The topological polar surface area (TPSA) is 6.25 Å². The van der Waals surface area contributed by atoms with Crippen molar-refractivity contribution in [3.05, 3.63) is 12.3 Å². The zero-order chi connectivity index (χ0) is 15.4. The fourth-order valence-electron chi connectivity index (χ4n) is 2.50. The minimum atomic E-state index is 0.283. The van der Waals surface area contributed by atoms with Crippen molar-refractivity contribution in [3.63, 3.8) is 0 Å². The molecule has 0 aliphatic carbocycles. The largest absolute Gasteiger partial charge is 0.309 e. The van der Waals surface area contributed by atoms with E-state index in [9.17, 15) is 0 Å². The van der Waals surface area contributed by atoms with Crippen LogP contribution >= 0.6 is 0 Å². The molecule has 19 heavy (non-hydrogen) atoms. The monoisotopic (exact) mass is 267 g/mol. The first-order valence-corrected chi connectivity index (χ1v) is 7.39. The van der Waals surface area contributed by atoms with Gasteiger partial charge in [-0.3, -0.25) is 0 Å². The first kappa shape index (κ1) is 18.4. The van der Waals surface area contributed by atoms with E-state index < -0.39 is 0 Å². The molecule has 0 saturated heterocycles. The van der Waals surface area contributed by atoms with E-state index in [4.69, 9.17) is 0 Å². The Morgan fingerprint density at radius 1 is 1.21 bits per heavy atom. The summed E-state index contributed by atoms with van der Waals surface area (Å²) in [7, 11) is 6.45. The van der Waals surface area contributed by atoms with E-state index in [1.54, 1.807) is 0 Å². The molecule has 0 aromatic carbocycles. The number of allylic oxidation sites excluding steroid dienone is 1.